The molecule has 0 spiro atoms. The Labute approximate surface area is 168 Å². The second-order valence-corrected chi connectivity index (χ2v) is 8.28. The summed E-state index contributed by atoms with van der Waals surface area (Å²) in [6.07, 6.45) is -0.547. The van der Waals surface area contributed by atoms with Crippen LogP contribution in [0.2, 0.25) is 0 Å². The molecule has 9 heteroatoms. The van der Waals surface area contributed by atoms with Gasteiger partial charge in [-0.05, 0) is 36.2 Å². The van der Waals surface area contributed by atoms with Gasteiger partial charge in [-0.1, -0.05) is 37.3 Å². The molecule has 2 aromatic rings. The number of hydrogen-bond acceptors (Lipinski definition) is 5. The van der Waals surface area contributed by atoms with Crippen LogP contribution in [-0.2, 0) is 24.3 Å². The predicted molar refractivity (Wildman–Crippen MR) is 103 cm³/mol. The molecule has 1 aliphatic heterocycles. The fourth-order valence-corrected chi connectivity index (χ4v) is 4.24. The summed E-state index contributed by atoms with van der Waals surface area (Å²) in [4.78, 5) is 26.5. The summed E-state index contributed by atoms with van der Waals surface area (Å²) in [5.41, 5.74) is 0.660. The van der Waals surface area contributed by atoms with E-state index in [1.54, 1.807) is 30.3 Å². The number of sulfonamides is 1. The van der Waals surface area contributed by atoms with Crippen molar-refractivity contribution >= 4 is 21.8 Å². The first kappa shape index (κ1) is 20.9. The number of morpholine rings is 1. The summed E-state index contributed by atoms with van der Waals surface area (Å²) in [7, 11) is -4.22. The minimum Gasteiger partial charge on any atom is -0.356 e. The van der Waals surface area contributed by atoms with Crippen molar-refractivity contribution in [2.75, 3.05) is 13.2 Å². The van der Waals surface area contributed by atoms with Crippen LogP contribution in [0, 0.1) is 5.82 Å². The van der Waals surface area contributed by atoms with Crippen molar-refractivity contribution < 1.29 is 27.1 Å². The molecule has 1 N–H and O–H groups in total. The third-order valence-corrected chi connectivity index (χ3v) is 5.91. The van der Waals surface area contributed by atoms with Gasteiger partial charge in [0.2, 0.25) is 5.91 Å². The first-order valence-corrected chi connectivity index (χ1v) is 10.6. The maximum Gasteiger partial charge on any atom is 0.265 e. The van der Waals surface area contributed by atoms with Gasteiger partial charge in [-0.2, -0.15) is 0 Å². The quantitative estimate of drug-likeness (QED) is 0.772. The summed E-state index contributed by atoms with van der Waals surface area (Å²) in [6.45, 7) is 1.98. The Hall–Kier alpha value is -2.78. The number of ether oxygens (including phenoxy) is 1. The number of carbonyl (C=O) groups is 2. The van der Waals surface area contributed by atoms with Crippen LogP contribution in [0.3, 0.4) is 0 Å². The molecule has 2 amide bonds. The lowest BCUT2D eigenvalue weighted by molar-refractivity contribution is -0.163. The van der Waals surface area contributed by atoms with Crippen molar-refractivity contribution in [2.45, 2.75) is 30.4 Å². The molecule has 7 nitrogen and oxygen atoms in total. The molecular weight excluding hydrogens is 399 g/mol. The first-order valence-electron chi connectivity index (χ1n) is 9.11. The van der Waals surface area contributed by atoms with E-state index in [2.05, 4.69) is 0 Å². The molecule has 154 valence electrons. The number of carbonyl (C=O) groups excluding carboxylic acids is 2. The molecular formula is C20H21FN2O5S. The van der Waals surface area contributed by atoms with Gasteiger partial charge < -0.3 is 9.64 Å². The van der Waals surface area contributed by atoms with E-state index >= 15 is 0 Å². The summed E-state index contributed by atoms with van der Waals surface area (Å²) in [6, 6.07) is 12.2. The number of halogens is 1. The van der Waals surface area contributed by atoms with Gasteiger partial charge in [0.25, 0.3) is 15.9 Å². The third-order valence-electron chi connectivity index (χ3n) is 4.55. The Kier molecular flexibility index (Phi) is 6.29. The molecule has 0 radical (unpaired) electrons. The SMILES string of the molecule is CCCN1C(=O)CO[C@@H](C(=O)NS(=O)(=O)c2ccc(F)cc2)[C@H]1c1ccccc1. The largest absolute Gasteiger partial charge is 0.356 e. The maximum atomic E-state index is 13.1. The number of benzene rings is 2. The summed E-state index contributed by atoms with van der Waals surface area (Å²) >= 11 is 0. The molecule has 0 aliphatic carbocycles. The first-order chi connectivity index (χ1) is 13.8. The Bertz CT molecular complexity index is 980. The Morgan fingerprint density at radius 3 is 2.45 bits per heavy atom. The van der Waals surface area contributed by atoms with Gasteiger partial charge in [0.15, 0.2) is 6.10 Å². The molecule has 1 heterocycles. The molecule has 0 bridgehead atoms. The van der Waals surface area contributed by atoms with Gasteiger partial charge in [0.05, 0.1) is 10.9 Å². The number of amides is 2. The number of nitrogens with one attached hydrogen (secondary N) is 1. The van der Waals surface area contributed by atoms with Crippen LogP contribution in [0.25, 0.3) is 0 Å². The summed E-state index contributed by atoms with van der Waals surface area (Å²) in [5.74, 6) is -1.76. The molecule has 0 unspecified atom stereocenters. The van der Waals surface area contributed by atoms with E-state index in [9.17, 15) is 22.4 Å². The van der Waals surface area contributed by atoms with E-state index in [4.69, 9.17) is 4.74 Å². The second kappa shape index (κ2) is 8.71. The maximum absolute atomic E-state index is 13.1. The zero-order valence-corrected chi connectivity index (χ0v) is 16.6. The minimum absolute atomic E-state index is 0.249. The fourth-order valence-electron chi connectivity index (χ4n) is 3.25. The molecule has 29 heavy (non-hydrogen) atoms. The predicted octanol–water partition coefficient (Wildman–Crippen LogP) is 2.01. The van der Waals surface area contributed by atoms with E-state index in [1.807, 2.05) is 11.6 Å². The van der Waals surface area contributed by atoms with Crippen molar-refractivity contribution in [1.82, 2.24) is 9.62 Å². The highest BCUT2D eigenvalue weighted by atomic mass is 32.2. The summed E-state index contributed by atoms with van der Waals surface area (Å²) < 4.78 is 45.6. The van der Waals surface area contributed by atoms with Crippen LogP contribution >= 0.6 is 0 Å². The molecule has 3 rings (SSSR count). The minimum atomic E-state index is -4.22. The fraction of sp³-hybridized carbons (Fsp3) is 0.300. The van der Waals surface area contributed by atoms with E-state index in [-0.39, 0.29) is 17.4 Å². The van der Waals surface area contributed by atoms with Crippen LogP contribution < -0.4 is 4.72 Å². The second-order valence-electron chi connectivity index (χ2n) is 6.60. The highest BCUT2D eigenvalue weighted by Crippen LogP contribution is 2.31. The van der Waals surface area contributed by atoms with Crippen LogP contribution in [0.5, 0.6) is 0 Å². The smallest absolute Gasteiger partial charge is 0.265 e. The van der Waals surface area contributed by atoms with Crippen molar-refractivity contribution in [3.05, 3.63) is 66.0 Å². The van der Waals surface area contributed by atoms with Gasteiger partial charge >= 0.3 is 0 Å². The molecule has 1 saturated heterocycles. The highest BCUT2D eigenvalue weighted by Gasteiger charge is 2.42. The topological polar surface area (TPSA) is 92.8 Å². The molecule has 0 aromatic heterocycles. The van der Waals surface area contributed by atoms with Gasteiger partial charge in [-0.25, -0.2) is 17.5 Å². The van der Waals surface area contributed by atoms with Gasteiger partial charge in [-0.3, -0.25) is 9.59 Å². The average Bonchev–Trinajstić information content (AvgIpc) is 2.70. The lowest BCUT2D eigenvalue weighted by Crippen LogP contribution is -2.55. The molecule has 1 aliphatic rings. The van der Waals surface area contributed by atoms with Crippen LogP contribution in [-0.4, -0.2) is 44.4 Å². The van der Waals surface area contributed by atoms with Gasteiger partial charge in [0, 0.05) is 6.54 Å². The number of rotatable bonds is 6. The molecule has 1 fully saturated rings. The zero-order valence-electron chi connectivity index (χ0n) is 15.7. The Balaban J connectivity index is 1.90. The monoisotopic (exact) mass is 420 g/mol. The Morgan fingerprint density at radius 2 is 1.83 bits per heavy atom. The van der Waals surface area contributed by atoms with Crippen molar-refractivity contribution in [3.63, 3.8) is 0 Å². The number of hydrogen-bond donors (Lipinski definition) is 1. The van der Waals surface area contributed by atoms with Crippen LogP contribution in [0.4, 0.5) is 4.39 Å². The molecule has 2 aromatic carbocycles. The van der Waals surface area contributed by atoms with Gasteiger partial charge in [-0.15, -0.1) is 0 Å². The summed E-state index contributed by atoms with van der Waals surface area (Å²) in [5, 5.41) is 0. The van der Waals surface area contributed by atoms with E-state index in [0.29, 0.717) is 18.5 Å². The Morgan fingerprint density at radius 1 is 1.17 bits per heavy atom. The lowest BCUT2D eigenvalue weighted by Gasteiger charge is -2.40. The van der Waals surface area contributed by atoms with Crippen LogP contribution in [0.1, 0.15) is 24.9 Å². The van der Waals surface area contributed by atoms with E-state index in [0.717, 1.165) is 24.3 Å². The zero-order chi connectivity index (χ0) is 21.0. The van der Waals surface area contributed by atoms with Crippen molar-refractivity contribution in [2.24, 2.45) is 0 Å². The highest BCUT2D eigenvalue weighted by molar-refractivity contribution is 7.90. The molecule has 0 saturated carbocycles. The standard InChI is InChI=1S/C20H21FN2O5S/c1-2-12-23-17(24)13-28-19(18(23)14-6-4-3-5-7-14)20(25)22-29(26,27)16-10-8-15(21)9-11-16/h3-11,18-19H,2,12-13H2,1H3,(H,22,25)/t18-,19-/m1/s1. The van der Waals surface area contributed by atoms with Crippen molar-refractivity contribution in [1.29, 1.82) is 0 Å². The van der Waals surface area contributed by atoms with E-state index in [1.165, 1.54) is 4.90 Å². The van der Waals surface area contributed by atoms with Gasteiger partial charge in [0.1, 0.15) is 12.4 Å². The molecule has 2 atom stereocenters. The van der Waals surface area contributed by atoms with Crippen molar-refractivity contribution in [3.8, 4) is 0 Å². The van der Waals surface area contributed by atoms with E-state index < -0.39 is 33.9 Å². The lowest BCUT2D eigenvalue weighted by atomic mass is 9.97. The normalized spacial score (nSPS) is 19.8. The third kappa shape index (κ3) is 4.63. The number of nitrogens with zero attached hydrogens (tertiary/aromatic N) is 1. The van der Waals surface area contributed by atoms with Crippen LogP contribution in [0.15, 0.2) is 59.5 Å². The average molecular weight is 420 g/mol.